The Kier molecular flexibility index (Phi) is 1.83. The number of nitrogens with zero attached hydrogens (tertiary/aromatic N) is 3. The zero-order valence-corrected chi connectivity index (χ0v) is 8.32. The van der Waals surface area contributed by atoms with E-state index in [1.165, 1.54) is 19.3 Å². The molecule has 0 amide bonds. The van der Waals surface area contributed by atoms with E-state index in [2.05, 4.69) is 14.8 Å². The monoisotopic (exact) mass is 192 g/mol. The minimum absolute atomic E-state index is 0.129. The second-order valence-corrected chi connectivity index (χ2v) is 4.43. The topological polar surface area (TPSA) is 56.7 Å². The summed E-state index contributed by atoms with van der Waals surface area (Å²) in [6.07, 6.45) is 7.28. The molecule has 2 heterocycles. The van der Waals surface area contributed by atoms with Crippen LogP contribution in [0.2, 0.25) is 0 Å². The molecule has 1 aromatic rings. The number of hydrogen-bond donors (Lipinski definition) is 1. The maximum atomic E-state index is 6.09. The molecule has 0 saturated heterocycles. The molecule has 4 nitrogen and oxygen atoms in total. The Morgan fingerprint density at radius 1 is 1.14 bits per heavy atom. The predicted molar refractivity (Wildman–Crippen MR) is 52.8 cm³/mol. The molecule has 1 unspecified atom stereocenters. The third-order valence-electron chi connectivity index (χ3n) is 3.50. The summed E-state index contributed by atoms with van der Waals surface area (Å²) in [5, 5.41) is 8.55. The highest BCUT2D eigenvalue weighted by Crippen LogP contribution is 2.37. The molecule has 1 fully saturated rings. The molecule has 0 spiro atoms. The SMILES string of the molecule is NC1CCCc2nnc(C3CCC3)n21. The molecule has 2 N–H and O–H groups in total. The van der Waals surface area contributed by atoms with Gasteiger partial charge in [0, 0.05) is 12.3 Å². The maximum Gasteiger partial charge on any atom is 0.137 e. The van der Waals surface area contributed by atoms with Crippen molar-refractivity contribution in [2.24, 2.45) is 5.73 Å². The van der Waals surface area contributed by atoms with E-state index in [-0.39, 0.29) is 6.17 Å². The lowest BCUT2D eigenvalue weighted by atomic mass is 9.84. The van der Waals surface area contributed by atoms with Gasteiger partial charge in [0.25, 0.3) is 0 Å². The summed E-state index contributed by atoms with van der Waals surface area (Å²) < 4.78 is 2.19. The Balaban J connectivity index is 2.00. The molecule has 3 rings (SSSR count). The molecule has 4 heteroatoms. The summed E-state index contributed by atoms with van der Waals surface area (Å²) in [5.41, 5.74) is 6.09. The average molecular weight is 192 g/mol. The van der Waals surface area contributed by atoms with Crippen LogP contribution in [0.25, 0.3) is 0 Å². The first-order chi connectivity index (χ1) is 6.86. The van der Waals surface area contributed by atoms with Crippen molar-refractivity contribution in [3.05, 3.63) is 11.6 Å². The molecular weight excluding hydrogens is 176 g/mol. The first kappa shape index (κ1) is 8.41. The van der Waals surface area contributed by atoms with Gasteiger partial charge < -0.3 is 5.73 Å². The Morgan fingerprint density at radius 3 is 2.71 bits per heavy atom. The Labute approximate surface area is 83.5 Å². The fourth-order valence-corrected chi connectivity index (χ4v) is 2.41. The van der Waals surface area contributed by atoms with Gasteiger partial charge in [0.2, 0.25) is 0 Å². The fourth-order valence-electron chi connectivity index (χ4n) is 2.41. The van der Waals surface area contributed by atoms with E-state index < -0.39 is 0 Å². The number of aromatic nitrogens is 3. The van der Waals surface area contributed by atoms with Crippen LogP contribution in [0.5, 0.6) is 0 Å². The summed E-state index contributed by atoms with van der Waals surface area (Å²) in [7, 11) is 0. The highest BCUT2D eigenvalue weighted by Gasteiger charge is 2.29. The standard InChI is InChI=1S/C10H16N4/c11-8-5-2-6-9-12-13-10(14(8)9)7-3-1-4-7/h7-8H,1-6,11H2. The van der Waals surface area contributed by atoms with Crippen molar-refractivity contribution in [3.63, 3.8) is 0 Å². The van der Waals surface area contributed by atoms with E-state index >= 15 is 0 Å². The molecule has 0 bridgehead atoms. The number of fused-ring (bicyclic) bond motifs is 1. The maximum absolute atomic E-state index is 6.09. The van der Waals surface area contributed by atoms with Gasteiger partial charge in [-0.3, -0.25) is 4.57 Å². The van der Waals surface area contributed by atoms with E-state index in [4.69, 9.17) is 5.73 Å². The second-order valence-electron chi connectivity index (χ2n) is 4.43. The van der Waals surface area contributed by atoms with Crippen molar-refractivity contribution in [3.8, 4) is 0 Å². The first-order valence-electron chi connectivity index (χ1n) is 5.55. The van der Waals surface area contributed by atoms with Crippen molar-refractivity contribution in [1.29, 1.82) is 0 Å². The molecule has 1 aliphatic heterocycles. The van der Waals surface area contributed by atoms with Crippen LogP contribution in [0.4, 0.5) is 0 Å². The second kappa shape index (κ2) is 3.05. The van der Waals surface area contributed by atoms with E-state index in [9.17, 15) is 0 Å². The van der Waals surface area contributed by atoms with Crippen LogP contribution in [0.1, 0.15) is 55.8 Å². The molecule has 0 radical (unpaired) electrons. The molecule has 14 heavy (non-hydrogen) atoms. The molecule has 76 valence electrons. The number of rotatable bonds is 1. The quantitative estimate of drug-likeness (QED) is 0.730. The largest absolute Gasteiger partial charge is 0.311 e. The van der Waals surface area contributed by atoms with Crippen molar-refractivity contribution in [2.75, 3.05) is 0 Å². The van der Waals surface area contributed by atoms with Crippen LogP contribution in [-0.2, 0) is 6.42 Å². The van der Waals surface area contributed by atoms with Gasteiger partial charge in [-0.05, 0) is 25.7 Å². The van der Waals surface area contributed by atoms with E-state index in [1.807, 2.05) is 0 Å². The van der Waals surface area contributed by atoms with Gasteiger partial charge in [0.15, 0.2) is 0 Å². The number of nitrogens with two attached hydrogens (primary N) is 1. The average Bonchev–Trinajstić information content (AvgIpc) is 2.47. The van der Waals surface area contributed by atoms with E-state index in [1.54, 1.807) is 0 Å². The lowest BCUT2D eigenvalue weighted by molar-refractivity contribution is 0.342. The predicted octanol–water partition coefficient (Wildman–Crippen LogP) is 1.34. The van der Waals surface area contributed by atoms with Crippen LogP contribution < -0.4 is 5.73 Å². The molecule has 0 aromatic carbocycles. The molecule has 1 atom stereocenters. The number of hydrogen-bond acceptors (Lipinski definition) is 3. The summed E-state index contributed by atoms with van der Waals surface area (Å²) in [5.74, 6) is 2.89. The smallest absolute Gasteiger partial charge is 0.137 e. The first-order valence-corrected chi connectivity index (χ1v) is 5.55. The van der Waals surface area contributed by atoms with Crippen LogP contribution >= 0.6 is 0 Å². The highest BCUT2D eigenvalue weighted by atomic mass is 15.3. The Morgan fingerprint density at radius 2 is 2.00 bits per heavy atom. The van der Waals surface area contributed by atoms with Gasteiger partial charge in [-0.25, -0.2) is 0 Å². The van der Waals surface area contributed by atoms with Crippen molar-refractivity contribution < 1.29 is 0 Å². The summed E-state index contributed by atoms with van der Waals surface area (Å²) in [6, 6.07) is 0. The zero-order valence-electron chi connectivity index (χ0n) is 8.32. The molecular formula is C10H16N4. The van der Waals surface area contributed by atoms with Crippen LogP contribution in [0.3, 0.4) is 0 Å². The molecule has 1 aromatic heterocycles. The van der Waals surface area contributed by atoms with Crippen LogP contribution in [-0.4, -0.2) is 14.8 Å². The molecule has 1 saturated carbocycles. The molecule has 1 aliphatic carbocycles. The van der Waals surface area contributed by atoms with Gasteiger partial charge >= 0.3 is 0 Å². The fraction of sp³-hybridized carbons (Fsp3) is 0.800. The van der Waals surface area contributed by atoms with Gasteiger partial charge in [-0.1, -0.05) is 6.42 Å². The summed E-state index contributed by atoms with van der Waals surface area (Å²) in [4.78, 5) is 0. The minimum Gasteiger partial charge on any atom is -0.311 e. The van der Waals surface area contributed by atoms with E-state index in [0.29, 0.717) is 5.92 Å². The van der Waals surface area contributed by atoms with Crippen molar-refractivity contribution in [1.82, 2.24) is 14.8 Å². The Hall–Kier alpha value is -0.900. The highest BCUT2D eigenvalue weighted by molar-refractivity contribution is 5.08. The zero-order chi connectivity index (χ0) is 9.54. The van der Waals surface area contributed by atoms with Crippen molar-refractivity contribution >= 4 is 0 Å². The Bertz CT molecular complexity index is 340. The van der Waals surface area contributed by atoms with Crippen molar-refractivity contribution in [2.45, 2.75) is 50.6 Å². The molecule has 2 aliphatic rings. The van der Waals surface area contributed by atoms with E-state index in [0.717, 1.165) is 30.9 Å². The van der Waals surface area contributed by atoms with Gasteiger partial charge in [0.05, 0.1) is 6.17 Å². The van der Waals surface area contributed by atoms with Crippen LogP contribution in [0, 0.1) is 0 Å². The van der Waals surface area contributed by atoms with Gasteiger partial charge in [0.1, 0.15) is 11.6 Å². The summed E-state index contributed by atoms with van der Waals surface area (Å²) in [6.45, 7) is 0. The third kappa shape index (κ3) is 1.10. The third-order valence-corrected chi connectivity index (χ3v) is 3.50. The lowest BCUT2D eigenvalue weighted by Crippen LogP contribution is -2.28. The summed E-state index contributed by atoms with van der Waals surface area (Å²) >= 11 is 0. The lowest BCUT2D eigenvalue weighted by Gasteiger charge is -2.29. The van der Waals surface area contributed by atoms with Gasteiger partial charge in [-0.2, -0.15) is 0 Å². The minimum atomic E-state index is 0.129. The number of aryl methyl sites for hydroxylation is 1. The van der Waals surface area contributed by atoms with Gasteiger partial charge in [-0.15, -0.1) is 10.2 Å². The normalized spacial score (nSPS) is 27.1. The van der Waals surface area contributed by atoms with Crippen LogP contribution in [0.15, 0.2) is 0 Å².